The van der Waals surface area contributed by atoms with Gasteiger partial charge < -0.3 is 20.8 Å². The van der Waals surface area contributed by atoms with Crippen LogP contribution in [0.1, 0.15) is 75.3 Å². The molecule has 290 valence electrons. The Morgan fingerprint density at radius 1 is 0.574 bits per heavy atom. The summed E-state index contributed by atoms with van der Waals surface area (Å²) in [6.45, 7) is 2.23. The predicted octanol–water partition coefficient (Wildman–Crippen LogP) is 2.63. The van der Waals surface area contributed by atoms with Crippen molar-refractivity contribution in [3.63, 3.8) is 0 Å². The zero-order valence-electron chi connectivity index (χ0n) is 30.7. The first-order chi connectivity index (χ1) is 26.1. The molecule has 4 amide bonds. The number of benzene rings is 2. The van der Waals surface area contributed by atoms with Crippen molar-refractivity contribution in [3.05, 3.63) is 71.8 Å². The molecule has 4 saturated heterocycles. The molecule has 0 saturated carbocycles. The first-order valence-corrected chi connectivity index (χ1v) is 19.4. The number of hydrogen-bond acceptors (Lipinski definition) is 8. The zero-order valence-corrected chi connectivity index (χ0v) is 30.7. The number of fused-ring (bicyclic) bond motifs is 2. The Kier molecular flexibility index (Phi) is 13.0. The largest absolute Gasteiger partial charge is 0.480 e. The summed E-state index contributed by atoms with van der Waals surface area (Å²) >= 11 is 0. The monoisotopic (exact) mass is 744 g/mol. The van der Waals surface area contributed by atoms with Gasteiger partial charge in [-0.1, -0.05) is 60.7 Å². The van der Waals surface area contributed by atoms with Gasteiger partial charge in [0, 0.05) is 38.0 Å². The summed E-state index contributed by atoms with van der Waals surface area (Å²) in [6, 6.07) is 15.4. The van der Waals surface area contributed by atoms with Crippen molar-refractivity contribution < 1.29 is 39.0 Å². The summed E-state index contributed by atoms with van der Waals surface area (Å²) in [4.78, 5) is 80.3. The van der Waals surface area contributed by atoms with Crippen LogP contribution in [0.2, 0.25) is 0 Å². The van der Waals surface area contributed by atoms with Gasteiger partial charge in [0.1, 0.15) is 24.2 Å². The number of amides is 4. The van der Waals surface area contributed by atoms with Gasteiger partial charge in [-0.2, -0.15) is 0 Å². The van der Waals surface area contributed by atoms with Crippen LogP contribution in [-0.2, 0) is 41.6 Å². The van der Waals surface area contributed by atoms with E-state index in [1.54, 1.807) is 10.0 Å². The number of rotatable bonds is 13. The highest BCUT2D eigenvalue weighted by Crippen LogP contribution is 2.28. The van der Waals surface area contributed by atoms with Crippen molar-refractivity contribution in [3.8, 4) is 0 Å². The van der Waals surface area contributed by atoms with E-state index in [0.717, 1.165) is 11.1 Å². The van der Waals surface area contributed by atoms with E-state index in [1.165, 1.54) is 10.0 Å². The van der Waals surface area contributed by atoms with Gasteiger partial charge in [0.15, 0.2) is 0 Å². The highest BCUT2D eigenvalue weighted by atomic mass is 16.4. The van der Waals surface area contributed by atoms with E-state index in [9.17, 15) is 39.0 Å². The van der Waals surface area contributed by atoms with Gasteiger partial charge in [0.05, 0.1) is 0 Å². The molecule has 0 radical (unpaired) electrons. The van der Waals surface area contributed by atoms with E-state index >= 15 is 0 Å². The van der Waals surface area contributed by atoms with Gasteiger partial charge in [-0.25, -0.2) is 19.6 Å². The molecular weight excluding hydrogens is 692 g/mol. The van der Waals surface area contributed by atoms with E-state index in [0.29, 0.717) is 103 Å². The first-order valence-electron chi connectivity index (χ1n) is 19.4. The molecule has 4 aliphatic rings. The Bertz CT molecular complexity index is 1540. The third-order valence-electron chi connectivity index (χ3n) is 11.3. The Hall–Kier alpha value is -4.82. The third-order valence-corrected chi connectivity index (χ3v) is 11.3. The third kappa shape index (κ3) is 9.27. The summed E-state index contributed by atoms with van der Waals surface area (Å²) in [5, 5.41) is 32.1. The molecule has 0 aliphatic carbocycles. The number of carboxylic acids is 2. The normalized spacial score (nSPS) is 25.0. The molecule has 2 aromatic carbocycles. The van der Waals surface area contributed by atoms with Gasteiger partial charge in [0.2, 0.25) is 11.8 Å². The molecule has 4 N–H and O–H groups in total. The van der Waals surface area contributed by atoms with Crippen LogP contribution in [-0.4, -0.2) is 116 Å². The van der Waals surface area contributed by atoms with Crippen molar-refractivity contribution in [1.82, 2.24) is 30.7 Å². The topological polar surface area (TPSA) is 180 Å². The van der Waals surface area contributed by atoms with Crippen molar-refractivity contribution in [2.45, 2.75) is 101 Å². The van der Waals surface area contributed by atoms with Crippen molar-refractivity contribution in [2.75, 3.05) is 26.2 Å². The maximum absolute atomic E-state index is 14.2. The van der Waals surface area contributed by atoms with Gasteiger partial charge in [0.25, 0.3) is 11.8 Å². The summed E-state index contributed by atoms with van der Waals surface area (Å²) in [5.74, 6) is -4.86. The molecule has 0 bridgehead atoms. The SMILES string of the molecule is O=C(O)C1CCCN2CCCC(NC(=O)[C@H](CC[C@H](Cc3ccccc3)C(=O)NC3CCCN4CCCC(C(=O)O)N4C3=O)Cc3ccccc3)C(=O)N12. The number of carbonyl (C=O) groups excluding carboxylic acids is 4. The van der Waals surface area contributed by atoms with Crippen LogP contribution >= 0.6 is 0 Å². The molecule has 0 aromatic heterocycles. The molecule has 6 atom stereocenters. The summed E-state index contributed by atoms with van der Waals surface area (Å²) in [6.07, 6.45) is 5.37. The van der Waals surface area contributed by atoms with Crippen molar-refractivity contribution in [1.29, 1.82) is 0 Å². The number of hydrazine groups is 2. The molecule has 4 aliphatic heterocycles. The number of nitrogens with zero attached hydrogens (tertiary/aromatic N) is 4. The zero-order chi connectivity index (χ0) is 38.2. The number of nitrogens with one attached hydrogen (secondary N) is 2. The maximum Gasteiger partial charge on any atom is 0.328 e. The second kappa shape index (κ2) is 18.0. The minimum atomic E-state index is -1.06. The lowest BCUT2D eigenvalue weighted by Crippen LogP contribution is -2.61. The van der Waals surface area contributed by atoms with E-state index in [1.807, 2.05) is 60.7 Å². The Balaban J connectivity index is 1.20. The van der Waals surface area contributed by atoms with Crippen LogP contribution in [0.5, 0.6) is 0 Å². The Labute approximate surface area is 315 Å². The van der Waals surface area contributed by atoms with Crippen molar-refractivity contribution >= 4 is 35.6 Å². The van der Waals surface area contributed by atoms with E-state index in [4.69, 9.17) is 0 Å². The fourth-order valence-corrected chi connectivity index (χ4v) is 8.49. The fraction of sp³-hybridized carbons (Fsp3) is 0.550. The molecule has 54 heavy (non-hydrogen) atoms. The smallest absolute Gasteiger partial charge is 0.328 e. The van der Waals surface area contributed by atoms with Crippen LogP contribution in [0.4, 0.5) is 0 Å². The van der Waals surface area contributed by atoms with Crippen LogP contribution in [0.15, 0.2) is 60.7 Å². The highest BCUT2D eigenvalue weighted by Gasteiger charge is 2.44. The van der Waals surface area contributed by atoms with E-state index in [-0.39, 0.29) is 11.8 Å². The van der Waals surface area contributed by atoms with E-state index in [2.05, 4.69) is 10.6 Å². The Morgan fingerprint density at radius 3 is 1.28 bits per heavy atom. The fourth-order valence-electron chi connectivity index (χ4n) is 8.49. The number of carbonyl (C=O) groups is 6. The van der Waals surface area contributed by atoms with Crippen LogP contribution in [0.3, 0.4) is 0 Å². The lowest BCUT2D eigenvalue weighted by molar-refractivity contribution is -0.174. The molecule has 6 rings (SSSR count). The number of hydrogen-bond donors (Lipinski definition) is 4. The number of aliphatic carboxylic acids is 2. The lowest BCUT2D eigenvalue weighted by atomic mass is 9.86. The lowest BCUT2D eigenvalue weighted by Gasteiger charge is -2.42. The van der Waals surface area contributed by atoms with Gasteiger partial charge >= 0.3 is 11.9 Å². The maximum atomic E-state index is 14.2. The number of carboxylic acid groups (broad SMARTS) is 2. The molecular formula is C40H52N6O8. The van der Waals surface area contributed by atoms with Crippen LogP contribution in [0.25, 0.3) is 0 Å². The van der Waals surface area contributed by atoms with Crippen LogP contribution < -0.4 is 10.6 Å². The summed E-state index contributed by atoms with van der Waals surface area (Å²) in [5.41, 5.74) is 1.84. The average Bonchev–Trinajstić information content (AvgIpc) is 3.43. The minimum absolute atomic E-state index is 0.305. The van der Waals surface area contributed by atoms with Gasteiger partial charge in [-0.15, -0.1) is 0 Å². The molecule has 0 spiro atoms. The highest BCUT2D eigenvalue weighted by molar-refractivity contribution is 5.92. The summed E-state index contributed by atoms with van der Waals surface area (Å²) < 4.78 is 0. The van der Waals surface area contributed by atoms with Crippen molar-refractivity contribution in [2.24, 2.45) is 11.8 Å². The first kappa shape index (κ1) is 38.9. The van der Waals surface area contributed by atoms with Crippen LogP contribution in [0, 0.1) is 11.8 Å². The minimum Gasteiger partial charge on any atom is -0.480 e. The molecule has 14 heteroatoms. The molecule has 4 unspecified atom stereocenters. The molecule has 14 nitrogen and oxygen atoms in total. The second-order valence-electron chi connectivity index (χ2n) is 15.0. The average molecular weight is 745 g/mol. The Morgan fingerprint density at radius 2 is 0.926 bits per heavy atom. The van der Waals surface area contributed by atoms with Gasteiger partial charge in [-0.05, 0) is 88.2 Å². The second-order valence-corrected chi connectivity index (χ2v) is 15.0. The van der Waals surface area contributed by atoms with Gasteiger partial charge in [-0.3, -0.25) is 29.2 Å². The standard InChI is InChI=1S/C40H52N6O8/c47-35(41-31-15-7-21-43-23-9-17-33(39(51)52)45(43)37(31)49)29(25-27-11-3-1-4-12-27)19-20-30(26-28-13-5-2-6-14-28)36(48)42-32-16-8-22-44-24-10-18-34(40(53)54)46(44)38(32)50/h1-6,11-14,29-34H,7-10,15-26H2,(H,41,47)(H,42,48)(H,51,52)(H,53,54)/t29-,30-,31?,32?,33?,34?/m1/s1. The molecule has 4 fully saturated rings. The summed E-state index contributed by atoms with van der Waals surface area (Å²) in [7, 11) is 0. The molecule has 4 heterocycles. The quantitative estimate of drug-likeness (QED) is 0.238. The molecule has 2 aromatic rings. The van der Waals surface area contributed by atoms with E-state index < -0.39 is 59.8 Å². The predicted molar refractivity (Wildman–Crippen MR) is 197 cm³/mol.